The van der Waals surface area contributed by atoms with Crippen molar-refractivity contribution in [2.45, 2.75) is 38.6 Å². The van der Waals surface area contributed by atoms with Crippen molar-refractivity contribution in [2.75, 3.05) is 6.54 Å². The van der Waals surface area contributed by atoms with Crippen molar-refractivity contribution in [1.82, 2.24) is 10.3 Å². The topological polar surface area (TPSA) is 77.2 Å². The normalized spacial score (nSPS) is 18.8. The van der Waals surface area contributed by atoms with Gasteiger partial charge in [-0.2, -0.15) is 0 Å². The van der Waals surface area contributed by atoms with Crippen LogP contribution in [0.5, 0.6) is 5.19 Å². The molecule has 1 aliphatic carbocycles. The Morgan fingerprint density at radius 2 is 2.53 bits per heavy atom. The van der Waals surface area contributed by atoms with Crippen LogP contribution in [0.25, 0.3) is 0 Å². The van der Waals surface area contributed by atoms with Gasteiger partial charge >= 0.3 is 6.09 Å². The number of carbonyl (C=O) groups excluding carboxylic acids is 1. The number of nitrogens with one attached hydrogen (secondary N) is 1. The number of carbonyl (C=O) groups is 1. The molecular formula is C11H17N3O2S. The highest BCUT2D eigenvalue weighted by Gasteiger charge is 2.22. The maximum atomic E-state index is 10.6. The van der Waals surface area contributed by atoms with Gasteiger partial charge in [-0.1, -0.05) is 18.3 Å². The van der Waals surface area contributed by atoms with E-state index >= 15 is 0 Å². The van der Waals surface area contributed by atoms with Crippen LogP contribution in [-0.2, 0) is 12.8 Å². The van der Waals surface area contributed by atoms with Gasteiger partial charge in [0.05, 0.1) is 5.69 Å². The summed E-state index contributed by atoms with van der Waals surface area (Å²) >= 11 is 1.43. The van der Waals surface area contributed by atoms with Gasteiger partial charge in [0, 0.05) is 10.9 Å². The predicted octanol–water partition coefficient (Wildman–Crippen LogP) is 1.46. The number of nitrogens with two attached hydrogens (primary N) is 1. The largest absolute Gasteiger partial charge is 0.411 e. The molecule has 0 bridgehead atoms. The average molecular weight is 255 g/mol. The van der Waals surface area contributed by atoms with Crippen LogP contribution in [0.4, 0.5) is 4.79 Å². The van der Waals surface area contributed by atoms with E-state index in [1.807, 2.05) is 0 Å². The van der Waals surface area contributed by atoms with Crippen LogP contribution < -0.4 is 15.8 Å². The van der Waals surface area contributed by atoms with Crippen LogP contribution >= 0.6 is 11.3 Å². The highest BCUT2D eigenvalue weighted by molar-refractivity contribution is 7.13. The maximum absolute atomic E-state index is 10.6. The predicted molar refractivity (Wildman–Crippen MR) is 66.4 cm³/mol. The third-order valence-electron chi connectivity index (χ3n) is 2.79. The quantitative estimate of drug-likeness (QED) is 0.854. The molecule has 0 saturated heterocycles. The highest BCUT2D eigenvalue weighted by atomic mass is 32.1. The molecule has 17 heavy (non-hydrogen) atoms. The van der Waals surface area contributed by atoms with Crippen molar-refractivity contribution >= 4 is 17.4 Å². The first kappa shape index (κ1) is 12.3. The van der Waals surface area contributed by atoms with E-state index in [0.717, 1.165) is 37.9 Å². The summed E-state index contributed by atoms with van der Waals surface area (Å²) in [6.45, 7) is 3.20. The second-order valence-corrected chi connectivity index (χ2v) is 5.21. The molecule has 1 atom stereocenters. The summed E-state index contributed by atoms with van der Waals surface area (Å²) in [5.41, 5.74) is 6.02. The van der Waals surface area contributed by atoms with Gasteiger partial charge in [-0.15, -0.1) is 0 Å². The van der Waals surface area contributed by atoms with Gasteiger partial charge < -0.3 is 15.8 Å². The Bertz CT molecular complexity index is 405. The van der Waals surface area contributed by atoms with Gasteiger partial charge in [0.1, 0.15) is 0 Å². The zero-order valence-electron chi connectivity index (χ0n) is 9.86. The minimum Gasteiger partial charge on any atom is -0.381 e. The third kappa shape index (κ3) is 3.17. The highest BCUT2D eigenvalue weighted by Crippen LogP contribution is 2.31. The second-order valence-electron chi connectivity index (χ2n) is 4.16. The molecule has 1 aromatic rings. The molecule has 1 aliphatic rings. The number of nitrogens with zero attached hydrogens (tertiary/aromatic N) is 1. The lowest BCUT2D eigenvalue weighted by atomic mass is 9.98. The molecule has 1 heterocycles. The number of hydrogen-bond donors (Lipinski definition) is 2. The Kier molecular flexibility index (Phi) is 3.96. The average Bonchev–Trinajstić information content (AvgIpc) is 2.66. The molecule has 2 rings (SSSR count). The number of ether oxygens (including phenoxy) is 1. The van der Waals surface area contributed by atoms with Crippen molar-refractivity contribution in [2.24, 2.45) is 5.73 Å². The van der Waals surface area contributed by atoms with E-state index in [0.29, 0.717) is 11.2 Å². The summed E-state index contributed by atoms with van der Waals surface area (Å²) < 4.78 is 4.81. The molecule has 94 valence electrons. The lowest BCUT2D eigenvalue weighted by Gasteiger charge is -2.21. The molecule has 0 saturated carbocycles. The van der Waals surface area contributed by atoms with Gasteiger partial charge in [-0.05, 0) is 32.2 Å². The van der Waals surface area contributed by atoms with E-state index in [1.165, 1.54) is 16.2 Å². The van der Waals surface area contributed by atoms with Crippen molar-refractivity contribution in [1.29, 1.82) is 0 Å². The first-order chi connectivity index (χ1) is 8.19. The fraction of sp³-hybridized carbons (Fsp3) is 0.636. The van der Waals surface area contributed by atoms with Crippen LogP contribution in [0.3, 0.4) is 0 Å². The first-order valence-electron chi connectivity index (χ1n) is 5.88. The van der Waals surface area contributed by atoms with Crippen LogP contribution in [0.15, 0.2) is 0 Å². The monoisotopic (exact) mass is 255 g/mol. The third-order valence-corrected chi connectivity index (χ3v) is 3.79. The van der Waals surface area contributed by atoms with Gasteiger partial charge in [0.2, 0.25) is 0 Å². The zero-order valence-corrected chi connectivity index (χ0v) is 10.7. The van der Waals surface area contributed by atoms with Gasteiger partial charge in [-0.3, -0.25) is 0 Å². The Labute approximate surface area is 104 Å². The Hall–Kier alpha value is -1.14. The van der Waals surface area contributed by atoms with Crippen LogP contribution in [0, 0.1) is 0 Å². The molecule has 0 radical (unpaired) electrons. The van der Waals surface area contributed by atoms with Crippen LogP contribution in [0.2, 0.25) is 0 Å². The molecule has 6 heteroatoms. The Morgan fingerprint density at radius 1 is 1.71 bits per heavy atom. The molecule has 1 unspecified atom stereocenters. The number of hydrogen-bond acceptors (Lipinski definition) is 5. The van der Waals surface area contributed by atoms with Gasteiger partial charge in [0.25, 0.3) is 5.19 Å². The summed E-state index contributed by atoms with van der Waals surface area (Å²) in [5, 5.41) is 3.88. The van der Waals surface area contributed by atoms with E-state index in [4.69, 9.17) is 10.5 Å². The van der Waals surface area contributed by atoms with Crippen molar-refractivity contribution in [3.8, 4) is 5.19 Å². The molecule has 0 fully saturated rings. The van der Waals surface area contributed by atoms with Gasteiger partial charge in [-0.25, -0.2) is 9.78 Å². The Morgan fingerprint density at radius 3 is 3.24 bits per heavy atom. The van der Waals surface area contributed by atoms with E-state index in [-0.39, 0.29) is 0 Å². The summed E-state index contributed by atoms with van der Waals surface area (Å²) in [6.07, 6.45) is 3.34. The minimum atomic E-state index is -0.795. The van der Waals surface area contributed by atoms with Crippen molar-refractivity contribution in [3.05, 3.63) is 10.6 Å². The smallest absolute Gasteiger partial charge is 0.381 e. The number of rotatable bonds is 4. The summed E-state index contributed by atoms with van der Waals surface area (Å²) in [6, 6.07) is 0.518. The van der Waals surface area contributed by atoms with Crippen LogP contribution in [-0.4, -0.2) is 23.7 Å². The lowest BCUT2D eigenvalue weighted by Crippen LogP contribution is -2.34. The molecule has 0 spiro atoms. The van der Waals surface area contributed by atoms with E-state index in [2.05, 4.69) is 17.2 Å². The number of aryl methyl sites for hydroxylation is 1. The molecule has 0 aromatic carbocycles. The summed E-state index contributed by atoms with van der Waals surface area (Å²) in [4.78, 5) is 16.1. The molecule has 1 aromatic heterocycles. The second kappa shape index (κ2) is 5.46. The molecule has 0 aliphatic heterocycles. The Balaban J connectivity index is 2.00. The maximum Gasteiger partial charge on any atom is 0.411 e. The van der Waals surface area contributed by atoms with E-state index < -0.39 is 6.09 Å². The molecule has 3 N–H and O–H groups in total. The first-order valence-corrected chi connectivity index (χ1v) is 6.70. The number of thiazole rings is 1. The minimum absolute atomic E-state index is 0.374. The lowest BCUT2D eigenvalue weighted by molar-refractivity contribution is 0.210. The molecule has 1 amide bonds. The zero-order chi connectivity index (χ0) is 12.3. The summed E-state index contributed by atoms with van der Waals surface area (Å²) in [5.74, 6) is 0. The van der Waals surface area contributed by atoms with Gasteiger partial charge in [0.15, 0.2) is 0 Å². The molecule has 5 nitrogen and oxygen atoms in total. The van der Waals surface area contributed by atoms with Crippen molar-refractivity contribution in [3.63, 3.8) is 0 Å². The summed E-state index contributed by atoms with van der Waals surface area (Å²) in [7, 11) is 0. The fourth-order valence-electron chi connectivity index (χ4n) is 2.00. The number of aromatic nitrogens is 1. The van der Waals surface area contributed by atoms with E-state index in [1.54, 1.807) is 0 Å². The molecular weight excluding hydrogens is 238 g/mol. The van der Waals surface area contributed by atoms with Crippen LogP contribution in [0.1, 0.15) is 30.3 Å². The standard InChI is InChI=1S/C11H17N3O2S/c1-2-5-13-7-3-4-8-9(6-7)17-11(14-8)16-10(12)15/h7,13H,2-6H2,1H3,(H2,12,15). The SMILES string of the molecule is CCCNC1CCc2nc(OC(N)=O)sc2C1. The fourth-order valence-corrected chi connectivity index (χ4v) is 3.04. The number of amides is 1. The number of fused-ring (bicyclic) bond motifs is 1. The van der Waals surface area contributed by atoms with Crippen molar-refractivity contribution < 1.29 is 9.53 Å². The van der Waals surface area contributed by atoms with E-state index in [9.17, 15) is 4.79 Å². The number of primary amides is 1.